The Kier molecular flexibility index (Phi) is 7.13. The maximum atomic E-state index is 12.1. The zero-order valence-electron chi connectivity index (χ0n) is 16.9. The molecule has 3 N–H and O–H groups in total. The van der Waals surface area contributed by atoms with E-state index >= 15 is 0 Å². The number of nitrogens with one attached hydrogen (secondary N) is 3. The van der Waals surface area contributed by atoms with E-state index < -0.39 is 25.2 Å². The Hall–Kier alpha value is -3.12. The van der Waals surface area contributed by atoms with Crippen molar-refractivity contribution >= 4 is 17.8 Å². The second-order valence-electron chi connectivity index (χ2n) is 7.53. The second kappa shape index (κ2) is 9.79. The smallest absolute Gasteiger partial charge is 0.407 e. The number of aromatic amines is 1. The summed E-state index contributed by atoms with van der Waals surface area (Å²) >= 11 is 0. The van der Waals surface area contributed by atoms with Crippen molar-refractivity contribution in [1.29, 1.82) is 0 Å². The molecule has 0 spiro atoms. The average molecular weight is 443 g/mol. The first-order valence-corrected chi connectivity index (χ1v) is 9.85. The summed E-state index contributed by atoms with van der Waals surface area (Å²) in [6.07, 6.45) is -2.24. The van der Waals surface area contributed by atoms with Gasteiger partial charge in [-0.25, -0.2) is 4.79 Å². The molecule has 2 amide bonds. The molecule has 10 nitrogen and oxygen atoms in total. The fraction of sp³-hybridized carbons (Fsp3) is 0.611. The highest BCUT2D eigenvalue weighted by atomic mass is 19.4. The van der Waals surface area contributed by atoms with Crippen molar-refractivity contribution < 1.29 is 27.5 Å². The Morgan fingerprint density at radius 3 is 2.87 bits per heavy atom. The topological polar surface area (TPSA) is 127 Å². The molecule has 2 heterocycles. The molecule has 0 radical (unpaired) electrons. The molecule has 13 heteroatoms. The van der Waals surface area contributed by atoms with Gasteiger partial charge in [0.15, 0.2) is 5.82 Å². The van der Waals surface area contributed by atoms with Gasteiger partial charge in [-0.3, -0.25) is 9.89 Å². The van der Waals surface area contributed by atoms with E-state index in [0.29, 0.717) is 11.5 Å². The first-order chi connectivity index (χ1) is 14.7. The van der Waals surface area contributed by atoms with E-state index in [1.165, 1.54) is 11.0 Å². The standard InChI is InChI=1S/C18H24F3N7O3/c1-28-23-9-13(27-28)7-16(29)24-15-8-14(25-26-15)12-3-2-11(6-12)10-31-17(30)22-5-4-18(19,20)21/h8-9,11-12H,2-7,10H2,1H3,(H,22,30)(H2,24,25,26,29)/t11-,12+/m1/s1. The van der Waals surface area contributed by atoms with Crippen LogP contribution in [-0.2, 0) is 23.0 Å². The zero-order chi connectivity index (χ0) is 22.4. The third-order valence-electron chi connectivity index (χ3n) is 4.96. The highest BCUT2D eigenvalue weighted by Gasteiger charge is 2.29. The molecule has 2 aromatic rings. The number of hydrogen-bond acceptors (Lipinski definition) is 6. The van der Waals surface area contributed by atoms with E-state index in [2.05, 4.69) is 31.0 Å². The number of amides is 2. The van der Waals surface area contributed by atoms with Crippen LogP contribution in [0.15, 0.2) is 12.3 Å². The van der Waals surface area contributed by atoms with Gasteiger partial charge in [-0.1, -0.05) is 0 Å². The van der Waals surface area contributed by atoms with Gasteiger partial charge in [0.05, 0.1) is 31.3 Å². The third kappa shape index (κ3) is 7.26. The molecule has 0 bridgehead atoms. The van der Waals surface area contributed by atoms with Gasteiger partial charge in [0.1, 0.15) is 0 Å². The Morgan fingerprint density at radius 1 is 1.35 bits per heavy atom. The Morgan fingerprint density at radius 2 is 2.16 bits per heavy atom. The van der Waals surface area contributed by atoms with Crippen LogP contribution >= 0.6 is 0 Å². The van der Waals surface area contributed by atoms with Gasteiger partial charge in [0.25, 0.3) is 0 Å². The monoisotopic (exact) mass is 443 g/mol. The Bertz CT molecular complexity index is 896. The van der Waals surface area contributed by atoms with Crippen molar-refractivity contribution in [2.75, 3.05) is 18.5 Å². The van der Waals surface area contributed by atoms with Crippen LogP contribution in [0.5, 0.6) is 0 Å². The van der Waals surface area contributed by atoms with Gasteiger partial charge < -0.3 is 15.4 Å². The van der Waals surface area contributed by atoms with Gasteiger partial charge in [-0.05, 0) is 25.2 Å². The molecule has 0 saturated heterocycles. The number of nitrogens with zero attached hydrogens (tertiary/aromatic N) is 4. The Balaban J connectivity index is 1.38. The lowest BCUT2D eigenvalue weighted by Gasteiger charge is -2.12. The summed E-state index contributed by atoms with van der Waals surface area (Å²) in [6, 6.07) is 1.77. The lowest BCUT2D eigenvalue weighted by molar-refractivity contribution is -0.133. The molecule has 1 aliphatic carbocycles. The van der Waals surface area contributed by atoms with E-state index in [1.54, 1.807) is 13.1 Å². The molecule has 0 aromatic carbocycles. The summed E-state index contributed by atoms with van der Waals surface area (Å²) in [6.45, 7) is -0.362. The molecule has 2 aromatic heterocycles. The molecular weight excluding hydrogens is 419 g/mol. The van der Waals surface area contributed by atoms with Gasteiger partial charge in [-0.15, -0.1) is 0 Å². The quantitative estimate of drug-likeness (QED) is 0.575. The van der Waals surface area contributed by atoms with Crippen molar-refractivity contribution in [2.45, 2.75) is 44.2 Å². The van der Waals surface area contributed by atoms with Gasteiger partial charge >= 0.3 is 12.3 Å². The highest BCUT2D eigenvalue weighted by Crippen LogP contribution is 2.38. The van der Waals surface area contributed by atoms with Crippen LogP contribution in [-0.4, -0.2) is 56.5 Å². The normalized spacial score (nSPS) is 18.7. The molecular formula is C18H24F3N7O3. The molecule has 31 heavy (non-hydrogen) atoms. The lowest BCUT2D eigenvalue weighted by atomic mass is 10.0. The molecule has 170 valence electrons. The minimum absolute atomic E-state index is 0.0872. The number of aryl methyl sites for hydroxylation is 1. The second-order valence-corrected chi connectivity index (χ2v) is 7.53. The van der Waals surface area contributed by atoms with Crippen molar-refractivity contribution in [3.8, 4) is 0 Å². The maximum Gasteiger partial charge on any atom is 0.407 e. The van der Waals surface area contributed by atoms with E-state index in [9.17, 15) is 22.8 Å². The first kappa shape index (κ1) is 22.6. The summed E-state index contributed by atoms with van der Waals surface area (Å²) in [5.41, 5.74) is 1.42. The predicted octanol–water partition coefficient (Wildman–Crippen LogP) is 2.28. The largest absolute Gasteiger partial charge is 0.449 e. The summed E-state index contributed by atoms with van der Waals surface area (Å²) in [5, 5.41) is 19.8. The fourth-order valence-electron chi connectivity index (χ4n) is 3.49. The number of halogens is 3. The summed E-state index contributed by atoms with van der Waals surface area (Å²) in [5.74, 6) is 0.428. The number of carbonyl (C=O) groups is 2. The number of anilines is 1. The predicted molar refractivity (Wildman–Crippen MR) is 102 cm³/mol. The van der Waals surface area contributed by atoms with Crippen molar-refractivity contribution in [3.05, 3.63) is 23.7 Å². The van der Waals surface area contributed by atoms with Crippen LogP contribution in [0.3, 0.4) is 0 Å². The number of ether oxygens (including phenoxy) is 1. The number of rotatable bonds is 8. The van der Waals surface area contributed by atoms with Crippen molar-refractivity contribution in [3.63, 3.8) is 0 Å². The molecule has 1 fully saturated rings. The summed E-state index contributed by atoms with van der Waals surface area (Å²) in [7, 11) is 1.67. The van der Waals surface area contributed by atoms with Crippen LogP contribution in [0.1, 0.15) is 43.0 Å². The number of alkyl carbamates (subject to hydrolysis) is 1. The average Bonchev–Trinajstić information content (AvgIpc) is 3.40. The van der Waals surface area contributed by atoms with E-state index in [-0.39, 0.29) is 30.8 Å². The minimum atomic E-state index is -4.32. The molecule has 1 saturated carbocycles. The van der Waals surface area contributed by atoms with Gasteiger partial charge in [-0.2, -0.15) is 33.3 Å². The highest BCUT2D eigenvalue weighted by molar-refractivity contribution is 5.91. The molecule has 3 rings (SSSR count). The Labute approximate surface area is 175 Å². The molecule has 1 aliphatic rings. The minimum Gasteiger partial charge on any atom is -0.449 e. The van der Waals surface area contributed by atoms with Gasteiger partial charge in [0, 0.05) is 31.3 Å². The van der Waals surface area contributed by atoms with Crippen LogP contribution in [0.2, 0.25) is 0 Å². The van der Waals surface area contributed by atoms with Gasteiger partial charge in [0.2, 0.25) is 5.91 Å². The number of H-pyrrole nitrogens is 1. The van der Waals surface area contributed by atoms with E-state index in [4.69, 9.17) is 4.74 Å². The number of carbonyl (C=O) groups excluding carboxylic acids is 2. The molecule has 0 unspecified atom stereocenters. The maximum absolute atomic E-state index is 12.1. The van der Waals surface area contributed by atoms with Crippen molar-refractivity contribution in [1.82, 2.24) is 30.5 Å². The lowest BCUT2D eigenvalue weighted by Crippen LogP contribution is -2.29. The van der Waals surface area contributed by atoms with Crippen LogP contribution in [0.4, 0.5) is 23.8 Å². The fourth-order valence-corrected chi connectivity index (χ4v) is 3.49. The zero-order valence-corrected chi connectivity index (χ0v) is 16.9. The van der Waals surface area contributed by atoms with Crippen LogP contribution in [0, 0.1) is 5.92 Å². The summed E-state index contributed by atoms with van der Waals surface area (Å²) in [4.78, 5) is 25.0. The van der Waals surface area contributed by atoms with Crippen LogP contribution < -0.4 is 10.6 Å². The molecule has 2 atom stereocenters. The SMILES string of the molecule is Cn1ncc(CC(=O)Nc2cc([C@H]3CC[C@@H](COC(=O)NCCC(F)(F)F)C3)[nH]n2)n1. The molecule has 0 aliphatic heterocycles. The number of hydrogen-bond donors (Lipinski definition) is 3. The number of aromatic nitrogens is 5. The first-order valence-electron chi connectivity index (χ1n) is 9.85. The number of alkyl halides is 3. The van der Waals surface area contributed by atoms with E-state index in [0.717, 1.165) is 25.0 Å². The van der Waals surface area contributed by atoms with E-state index in [1.807, 2.05) is 0 Å². The van der Waals surface area contributed by atoms with Crippen molar-refractivity contribution in [2.24, 2.45) is 13.0 Å². The van der Waals surface area contributed by atoms with Crippen LogP contribution in [0.25, 0.3) is 0 Å². The summed E-state index contributed by atoms with van der Waals surface area (Å²) < 4.78 is 41.3. The third-order valence-corrected chi connectivity index (χ3v) is 4.96.